The molecule has 0 aromatic heterocycles. The van der Waals surface area contributed by atoms with E-state index in [1.165, 1.54) is 186 Å². The maximum absolute atomic E-state index is 13.4. The van der Waals surface area contributed by atoms with Crippen LogP contribution in [0.4, 0.5) is 0 Å². The summed E-state index contributed by atoms with van der Waals surface area (Å²) in [6.07, 6.45) is 20.5. The highest BCUT2D eigenvalue weighted by atomic mass is 16.8. The van der Waals surface area contributed by atoms with Crippen LogP contribution in [0.3, 0.4) is 0 Å². The largest absolute Gasteiger partial charge is 0.394 e. The Hall–Kier alpha value is -1.21. The van der Waals surface area contributed by atoms with Crippen molar-refractivity contribution in [2.24, 2.45) is 0 Å². The molecule has 486 valence electrons. The third-order valence-corrected chi connectivity index (χ3v) is 17.2. The molecule has 0 spiro atoms. The molecular formula is C63H121NO18. The summed E-state index contributed by atoms with van der Waals surface area (Å²) in [4.78, 5) is 13.4. The first-order valence-electron chi connectivity index (χ1n) is 33.3. The van der Waals surface area contributed by atoms with Crippen molar-refractivity contribution < 1.29 is 89.4 Å². The second-order valence-electron chi connectivity index (χ2n) is 24.3. The fourth-order valence-corrected chi connectivity index (χ4v) is 11.7. The first-order valence-corrected chi connectivity index (χ1v) is 33.3. The monoisotopic (exact) mass is 1180 g/mol. The van der Waals surface area contributed by atoms with E-state index in [1.807, 2.05) is 0 Å². The van der Waals surface area contributed by atoms with Crippen LogP contribution in [-0.2, 0) is 33.2 Å². The number of rotatable bonds is 51. The van der Waals surface area contributed by atoms with Gasteiger partial charge in [0.2, 0.25) is 5.91 Å². The van der Waals surface area contributed by atoms with Crippen LogP contribution in [0.25, 0.3) is 0 Å². The second kappa shape index (κ2) is 46.9. The maximum atomic E-state index is 13.4. The zero-order chi connectivity index (χ0) is 59.7. The number of aliphatic hydroxyl groups is 11. The molecule has 0 saturated carbocycles. The smallest absolute Gasteiger partial charge is 0.220 e. The molecule has 19 heteroatoms. The molecule has 12 N–H and O–H groups in total. The molecule has 3 aliphatic heterocycles. The summed E-state index contributed by atoms with van der Waals surface area (Å²) in [7, 11) is 0. The van der Waals surface area contributed by atoms with Gasteiger partial charge in [0.05, 0.1) is 38.6 Å². The van der Waals surface area contributed by atoms with Crippen LogP contribution in [0.5, 0.6) is 0 Å². The van der Waals surface area contributed by atoms with Gasteiger partial charge >= 0.3 is 0 Å². The SMILES string of the molecule is CCCCCCCCCCCCCCCCCCCCCCCCCCC(=O)NC(COC1OC(CO)C(OC2OC(CO)C(OC3OC(CO)C(O)C(O)C3O)C(O)C2O)C(O)C1O)C(O)CCCCCCCCCCCCCCC. The van der Waals surface area contributed by atoms with Gasteiger partial charge in [-0.1, -0.05) is 245 Å². The van der Waals surface area contributed by atoms with Crippen LogP contribution in [-0.4, -0.2) is 193 Å². The molecule has 82 heavy (non-hydrogen) atoms. The molecule has 19 nitrogen and oxygen atoms in total. The van der Waals surface area contributed by atoms with Crippen molar-refractivity contribution in [1.82, 2.24) is 5.32 Å². The summed E-state index contributed by atoms with van der Waals surface area (Å²) in [5.41, 5.74) is 0. The molecule has 3 heterocycles. The van der Waals surface area contributed by atoms with Crippen molar-refractivity contribution in [2.75, 3.05) is 26.4 Å². The van der Waals surface area contributed by atoms with Crippen LogP contribution >= 0.6 is 0 Å². The van der Waals surface area contributed by atoms with Crippen LogP contribution in [0.1, 0.15) is 264 Å². The van der Waals surface area contributed by atoms with E-state index < -0.39 is 124 Å². The average molecular weight is 1180 g/mol. The molecule has 1 amide bonds. The predicted molar refractivity (Wildman–Crippen MR) is 314 cm³/mol. The number of unbranched alkanes of at least 4 members (excludes halogenated alkanes) is 35. The molecule has 3 aliphatic rings. The predicted octanol–water partition coefficient (Wildman–Crippen LogP) is 7.55. The van der Waals surface area contributed by atoms with E-state index in [4.69, 9.17) is 28.4 Å². The highest BCUT2D eigenvalue weighted by Gasteiger charge is 2.53. The number of ether oxygens (including phenoxy) is 6. The van der Waals surface area contributed by atoms with Gasteiger partial charge in [0.25, 0.3) is 0 Å². The van der Waals surface area contributed by atoms with Gasteiger partial charge in [-0.2, -0.15) is 0 Å². The van der Waals surface area contributed by atoms with Gasteiger partial charge in [0.1, 0.15) is 73.2 Å². The molecule has 3 saturated heterocycles. The zero-order valence-corrected chi connectivity index (χ0v) is 51.0. The average Bonchev–Trinajstić information content (AvgIpc) is 3.19. The van der Waals surface area contributed by atoms with E-state index in [9.17, 15) is 61.0 Å². The van der Waals surface area contributed by atoms with Crippen molar-refractivity contribution in [3.05, 3.63) is 0 Å². The first kappa shape index (κ1) is 75.0. The number of nitrogens with one attached hydrogen (secondary N) is 1. The minimum atomic E-state index is -1.97. The van der Waals surface area contributed by atoms with Crippen molar-refractivity contribution in [2.45, 2.75) is 369 Å². The number of hydrogen-bond acceptors (Lipinski definition) is 18. The lowest BCUT2D eigenvalue weighted by Crippen LogP contribution is -2.66. The fourth-order valence-electron chi connectivity index (χ4n) is 11.7. The van der Waals surface area contributed by atoms with E-state index >= 15 is 0 Å². The Morgan fingerprint density at radius 3 is 1.06 bits per heavy atom. The Morgan fingerprint density at radius 1 is 0.390 bits per heavy atom. The minimum absolute atomic E-state index is 0.237. The van der Waals surface area contributed by atoms with E-state index in [0.29, 0.717) is 12.8 Å². The molecular weight excluding hydrogens is 1060 g/mol. The lowest BCUT2D eigenvalue weighted by atomic mass is 9.96. The molecule has 0 aromatic carbocycles. The quantitative estimate of drug-likeness (QED) is 0.0262. The fraction of sp³-hybridized carbons (Fsp3) is 0.984. The summed E-state index contributed by atoms with van der Waals surface area (Å²) in [5, 5.41) is 120. The van der Waals surface area contributed by atoms with Crippen LogP contribution in [0, 0.1) is 0 Å². The van der Waals surface area contributed by atoms with E-state index in [-0.39, 0.29) is 18.9 Å². The number of carbonyl (C=O) groups excluding carboxylic acids is 1. The summed E-state index contributed by atoms with van der Waals surface area (Å²) < 4.78 is 34.4. The standard InChI is InChI=1S/C63H121NO18/c1-3-5-7-9-11-13-15-17-18-19-20-21-22-23-24-25-26-27-29-31-33-35-37-39-41-51(69)64-46(47(68)40-38-36-34-32-30-28-16-14-12-10-8-6-4-2)45-77-61-57(75)54(72)59(49(43-66)79-61)82-63-58(76)55(73)60(50(44-67)80-63)81-62-56(74)53(71)52(70)48(42-65)78-62/h46-50,52-63,65-68,70-76H,3-45H2,1-2H3,(H,64,69). The first-order chi connectivity index (χ1) is 39.8. The second-order valence-corrected chi connectivity index (χ2v) is 24.3. The number of carbonyl (C=O) groups is 1. The van der Waals surface area contributed by atoms with Gasteiger partial charge in [-0.3, -0.25) is 4.79 Å². The highest BCUT2D eigenvalue weighted by Crippen LogP contribution is 2.33. The van der Waals surface area contributed by atoms with E-state index in [0.717, 1.165) is 44.9 Å². The summed E-state index contributed by atoms with van der Waals surface area (Å²) in [6.45, 7) is 1.82. The lowest BCUT2D eigenvalue weighted by Gasteiger charge is -2.48. The van der Waals surface area contributed by atoms with Crippen LogP contribution in [0.2, 0.25) is 0 Å². The topological polar surface area (TPSA) is 307 Å². The van der Waals surface area contributed by atoms with Gasteiger partial charge in [0, 0.05) is 6.42 Å². The Bertz CT molecular complexity index is 1500. The summed E-state index contributed by atoms with van der Waals surface area (Å²) >= 11 is 0. The summed E-state index contributed by atoms with van der Waals surface area (Å²) in [5.74, 6) is -0.237. The molecule has 17 unspecified atom stereocenters. The molecule has 0 aromatic rings. The maximum Gasteiger partial charge on any atom is 0.220 e. The third kappa shape index (κ3) is 29.7. The normalized spacial score (nSPS) is 29.5. The van der Waals surface area contributed by atoms with Crippen molar-refractivity contribution in [3.8, 4) is 0 Å². The van der Waals surface area contributed by atoms with Crippen molar-refractivity contribution >= 4 is 5.91 Å². The van der Waals surface area contributed by atoms with Crippen molar-refractivity contribution in [3.63, 3.8) is 0 Å². The lowest BCUT2D eigenvalue weighted by molar-refractivity contribution is -0.379. The number of hydrogen-bond donors (Lipinski definition) is 12. The van der Waals surface area contributed by atoms with E-state index in [2.05, 4.69) is 19.2 Å². The molecule has 0 aliphatic carbocycles. The van der Waals surface area contributed by atoms with Gasteiger partial charge in [-0.25, -0.2) is 0 Å². The minimum Gasteiger partial charge on any atom is -0.394 e. The Kier molecular flexibility index (Phi) is 42.9. The molecule has 3 fully saturated rings. The molecule has 17 atom stereocenters. The third-order valence-electron chi connectivity index (χ3n) is 17.2. The Morgan fingerprint density at radius 2 is 0.695 bits per heavy atom. The Balaban J connectivity index is 1.42. The van der Waals surface area contributed by atoms with Gasteiger partial charge in [-0.05, 0) is 12.8 Å². The molecule has 0 bridgehead atoms. The number of amides is 1. The molecule has 3 rings (SSSR count). The van der Waals surface area contributed by atoms with Gasteiger partial charge in [-0.15, -0.1) is 0 Å². The highest BCUT2D eigenvalue weighted by molar-refractivity contribution is 5.76. The van der Waals surface area contributed by atoms with Crippen LogP contribution in [0.15, 0.2) is 0 Å². The van der Waals surface area contributed by atoms with Gasteiger partial charge < -0.3 is 89.9 Å². The van der Waals surface area contributed by atoms with Crippen molar-refractivity contribution in [1.29, 1.82) is 0 Å². The Labute approximate surface area is 493 Å². The molecule has 0 radical (unpaired) electrons. The van der Waals surface area contributed by atoms with Crippen LogP contribution < -0.4 is 5.32 Å². The number of aliphatic hydroxyl groups excluding tert-OH is 11. The van der Waals surface area contributed by atoms with E-state index in [1.54, 1.807) is 0 Å². The van der Waals surface area contributed by atoms with Gasteiger partial charge in [0.15, 0.2) is 18.9 Å². The zero-order valence-electron chi connectivity index (χ0n) is 51.0. The summed E-state index contributed by atoms with van der Waals surface area (Å²) in [6, 6.07) is -0.880.